The first-order valence-electron chi connectivity index (χ1n) is 7.91. The molecule has 0 bridgehead atoms. The summed E-state index contributed by atoms with van der Waals surface area (Å²) in [5, 5.41) is 0. The van der Waals surface area contributed by atoms with E-state index in [1.807, 2.05) is 6.92 Å². The number of primary amides is 1. The molecule has 0 aliphatic rings. The van der Waals surface area contributed by atoms with E-state index in [1.165, 1.54) is 24.3 Å². The first-order valence-corrected chi connectivity index (χ1v) is 7.91. The number of aryl methyl sites for hydroxylation is 2. The van der Waals surface area contributed by atoms with Gasteiger partial charge in [0.05, 0.1) is 27.9 Å². The van der Waals surface area contributed by atoms with Gasteiger partial charge >= 0.3 is 0 Å². The zero-order valence-electron chi connectivity index (χ0n) is 14.0. The molecule has 0 aliphatic heterocycles. The van der Waals surface area contributed by atoms with Crippen molar-refractivity contribution < 1.29 is 13.6 Å². The lowest BCUT2D eigenvalue weighted by Gasteiger charge is -2.09. The molecule has 2 aromatic heterocycles. The lowest BCUT2D eigenvalue weighted by atomic mass is 10.1. The molecule has 0 saturated heterocycles. The van der Waals surface area contributed by atoms with Crippen LogP contribution in [0.5, 0.6) is 0 Å². The molecule has 0 radical (unpaired) electrons. The van der Waals surface area contributed by atoms with Crippen molar-refractivity contribution in [3.8, 4) is 11.4 Å². The largest absolute Gasteiger partial charge is 0.366 e. The molecule has 2 aromatic carbocycles. The highest BCUT2D eigenvalue weighted by molar-refractivity contribution is 5.94. The molecule has 0 atom stereocenters. The van der Waals surface area contributed by atoms with Gasteiger partial charge in [0.15, 0.2) is 0 Å². The minimum atomic E-state index is -0.739. The summed E-state index contributed by atoms with van der Waals surface area (Å²) in [7, 11) is 0. The normalized spacial score (nSPS) is 11.4. The molecule has 0 saturated carbocycles. The van der Waals surface area contributed by atoms with Crippen LogP contribution in [-0.2, 0) is 0 Å². The maximum atomic E-state index is 14.0. The molecule has 0 aliphatic carbocycles. The number of amides is 1. The Morgan fingerprint density at radius 1 is 1.00 bits per heavy atom. The van der Waals surface area contributed by atoms with Crippen molar-refractivity contribution in [3.05, 3.63) is 65.0 Å². The highest BCUT2D eigenvalue weighted by atomic mass is 19.1. The third-order valence-corrected chi connectivity index (χ3v) is 4.30. The molecule has 0 unspecified atom stereocenters. The standard InChI is InChI=1S/C19H14F2N4O/c1-9-17-10(2)24-19(12-5-11(18(22)26)6-14(21)7-12)25(17)16-8-13(20)3-4-15(16)23-9/h3-8H,1-2H3,(H2,22,26). The number of imidazole rings is 1. The summed E-state index contributed by atoms with van der Waals surface area (Å²) < 4.78 is 29.6. The van der Waals surface area contributed by atoms with Gasteiger partial charge in [0.25, 0.3) is 0 Å². The summed E-state index contributed by atoms with van der Waals surface area (Å²) >= 11 is 0. The maximum Gasteiger partial charge on any atom is 0.248 e. The van der Waals surface area contributed by atoms with Crippen LogP contribution in [-0.4, -0.2) is 20.3 Å². The van der Waals surface area contributed by atoms with Crippen LogP contribution in [0.25, 0.3) is 27.9 Å². The average molecular weight is 352 g/mol. The molecule has 7 heteroatoms. The smallest absolute Gasteiger partial charge is 0.248 e. The van der Waals surface area contributed by atoms with E-state index >= 15 is 0 Å². The summed E-state index contributed by atoms with van der Waals surface area (Å²) in [5.74, 6) is -1.37. The van der Waals surface area contributed by atoms with Gasteiger partial charge in [0.2, 0.25) is 5.91 Å². The van der Waals surface area contributed by atoms with Crippen LogP contribution in [0, 0.1) is 25.5 Å². The molecule has 4 aromatic rings. The number of carbonyl (C=O) groups excluding carboxylic acids is 1. The van der Waals surface area contributed by atoms with E-state index in [1.54, 1.807) is 17.4 Å². The van der Waals surface area contributed by atoms with Crippen molar-refractivity contribution in [1.29, 1.82) is 0 Å². The molecule has 0 spiro atoms. The van der Waals surface area contributed by atoms with Crippen molar-refractivity contribution in [2.75, 3.05) is 0 Å². The number of fused-ring (bicyclic) bond motifs is 3. The van der Waals surface area contributed by atoms with E-state index in [0.29, 0.717) is 39.3 Å². The Balaban J connectivity index is 2.16. The molecule has 4 rings (SSSR count). The second-order valence-electron chi connectivity index (χ2n) is 6.13. The summed E-state index contributed by atoms with van der Waals surface area (Å²) in [5.41, 5.74) is 8.88. The second kappa shape index (κ2) is 5.59. The van der Waals surface area contributed by atoms with Gasteiger partial charge in [-0.2, -0.15) is 0 Å². The lowest BCUT2D eigenvalue weighted by Crippen LogP contribution is -2.11. The van der Waals surface area contributed by atoms with E-state index < -0.39 is 17.5 Å². The number of halogens is 2. The van der Waals surface area contributed by atoms with Crippen LogP contribution < -0.4 is 5.73 Å². The summed E-state index contributed by atoms with van der Waals surface area (Å²) in [6, 6.07) is 8.07. The molecule has 1 amide bonds. The second-order valence-corrected chi connectivity index (χ2v) is 6.13. The van der Waals surface area contributed by atoms with E-state index in [2.05, 4.69) is 9.97 Å². The zero-order valence-corrected chi connectivity index (χ0v) is 14.0. The van der Waals surface area contributed by atoms with Crippen molar-refractivity contribution in [2.45, 2.75) is 13.8 Å². The summed E-state index contributed by atoms with van der Waals surface area (Å²) in [6.45, 7) is 3.63. The quantitative estimate of drug-likeness (QED) is 0.600. The van der Waals surface area contributed by atoms with Crippen LogP contribution in [0.2, 0.25) is 0 Å². The number of rotatable bonds is 2. The van der Waals surface area contributed by atoms with Crippen LogP contribution in [0.15, 0.2) is 36.4 Å². The average Bonchev–Trinajstić information content (AvgIpc) is 2.93. The predicted molar refractivity (Wildman–Crippen MR) is 93.8 cm³/mol. The third kappa shape index (κ3) is 2.40. The van der Waals surface area contributed by atoms with Gasteiger partial charge in [0, 0.05) is 17.2 Å². The van der Waals surface area contributed by atoms with Crippen molar-refractivity contribution in [2.24, 2.45) is 5.73 Å². The Hall–Kier alpha value is -3.35. The van der Waals surface area contributed by atoms with Gasteiger partial charge in [-0.1, -0.05) is 0 Å². The number of benzene rings is 2. The van der Waals surface area contributed by atoms with Gasteiger partial charge in [-0.25, -0.2) is 18.7 Å². The Labute approximate surface area is 147 Å². The maximum absolute atomic E-state index is 14.0. The lowest BCUT2D eigenvalue weighted by molar-refractivity contribution is 0.1000. The Bertz CT molecular complexity index is 1210. The Morgan fingerprint density at radius 3 is 2.46 bits per heavy atom. The van der Waals surface area contributed by atoms with E-state index in [0.717, 1.165) is 6.07 Å². The minimum absolute atomic E-state index is 0.0377. The highest BCUT2D eigenvalue weighted by Crippen LogP contribution is 2.29. The molecule has 26 heavy (non-hydrogen) atoms. The number of nitrogens with zero attached hydrogens (tertiary/aromatic N) is 3. The van der Waals surface area contributed by atoms with Gasteiger partial charge in [-0.15, -0.1) is 0 Å². The Morgan fingerprint density at radius 2 is 1.73 bits per heavy atom. The van der Waals surface area contributed by atoms with E-state index in [4.69, 9.17) is 5.73 Å². The van der Waals surface area contributed by atoms with Gasteiger partial charge in [-0.3, -0.25) is 9.20 Å². The fourth-order valence-corrected chi connectivity index (χ4v) is 3.25. The van der Waals surface area contributed by atoms with Crippen LogP contribution in [0.1, 0.15) is 21.7 Å². The minimum Gasteiger partial charge on any atom is -0.366 e. The Kier molecular flexibility index (Phi) is 3.47. The highest BCUT2D eigenvalue weighted by Gasteiger charge is 2.18. The molecular weight excluding hydrogens is 338 g/mol. The number of aromatic nitrogens is 3. The first-order chi connectivity index (χ1) is 12.3. The molecule has 5 nitrogen and oxygen atoms in total. The molecule has 0 fully saturated rings. The molecule has 2 heterocycles. The molecule has 2 N–H and O–H groups in total. The molecule has 130 valence electrons. The summed E-state index contributed by atoms with van der Waals surface area (Å²) in [6.07, 6.45) is 0. The number of hydrogen-bond donors (Lipinski definition) is 1. The van der Waals surface area contributed by atoms with Crippen LogP contribution in [0.4, 0.5) is 8.78 Å². The fourth-order valence-electron chi connectivity index (χ4n) is 3.25. The van der Waals surface area contributed by atoms with Crippen molar-refractivity contribution in [3.63, 3.8) is 0 Å². The number of hydrogen-bond acceptors (Lipinski definition) is 3. The number of nitrogens with two attached hydrogens (primary N) is 1. The van der Waals surface area contributed by atoms with Crippen LogP contribution >= 0.6 is 0 Å². The third-order valence-electron chi connectivity index (χ3n) is 4.30. The fraction of sp³-hybridized carbons (Fsp3) is 0.105. The van der Waals surface area contributed by atoms with Gasteiger partial charge < -0.3 is 5.73 Å². The number of carbonyl (C=O) groups is 1. The van der Waals surface area contributed by atoms with Gasteiger partial charge in [-0.05, 0) is 44.2 Å². The SMILES string of the molecule is Cc1nc(-c2cc(F)cc(C(N)=O)c2)n2c1c(C)nc1ccc(F)cc12. The van der Waals surface area contributed by atoms with Crippen molar-refractivity contribution >= 4 is 22.5 Å². The monoisotopic (exact) mass is 352 g/mol. The van der Waals surface area contributed by atoms with Gasteiger partial charge in [0.1, 0.15) is 17.5 Å². The van der Waals surface area contributed by atoms with Crippen LogP contribution in [0.3, 0.4) is 0 Å². The first kappa shape index (κ1) is 16.1. The van der Waals surface area contributed by atoms with Crippen molar-refractivity contribution in [1.82, 2.24) is 14.4 Å². The zero-order chi connectivity index (χ0) is 18.6. The topological polar surface area (TPSA) is 73.3 Å². The predicted octanol–water partition coefficient (Wildman–Crippen LogP) is 3.54. The molecular formula is C19H14F2N4O. The van der Waals surface area contributed by atoms with E-state index in [-0.39, 0.29) is 5.56 Å². The summed E-state index contributed by atoms with van der Waals surface area (Å²) in [4.78, 5) is 20.5. The van der Waals surface area contributed by atoms with E-state index in [9.17, 15) is 13.6 Å².